The van der Waals surface area contributed by atoms with Gasteiger partial charge in [-0.25, -0.2) is 0 Å². The maximum absolute atomic E-state index is 12.3. The lowest BCUT2D eigenvalue weighted by molar-refractivity contribution is -0.384. The number of hydrogen-bond donors (Lipinski definition) is 1. The van der Waals surface area contributed by atoms with Crippen LogP contribution in [0.1, 0.15) is 12.8 Å². The molecule has 1 aromatic rings. The lowest BCUT2D eigenvalue weighted by Crippen LogP contribution is -2.41. The molecule has 5 nitrogen and oxygen atoms in total. The van der Waals surface area contributed by atoms with Gasteiger partial charge >= 0.3 is 6.18 Å². The summed E-state index contributed by atoms with van der Waals surface area (Å²) < 4.78 is 37.6. The van der Waals surface area contributed by atoms with Gasteiger partial charge in [0.25, 0.3) is 5.69 Å². The van der Waals surface area contributed by atoms with Crippen molar-refractivity contribution in [1.29, 1.82) is 0 Å². The van der Waals surface area contributed by atoms with E-state index in [0.717, 1.165) is 0 Å². The predicted octanol–water partition coefficient (Wildman–Crippen LogP) is 4.04. The standard InChI is InChI=1S/C14H17BrF3N3O2/c15-11-1-2-12(13(7-11)21(22)23)19-8-10-3-5-20(6-4-10)9-14(16,17)18/h1-2,7,10,19H,3-6,8-9H2. The number of benzene rings is 1. The third-order valence-corrected chi connectivity index (χ3v) is 4.34. The summed E-state index contributed by atoms with van der Waals surface area (Å²) >= 11 is 3.19. The fourth-order valence-electron chi connectivity index (χ4n) is 2.66. The molecule has 0 radical (unpaired) electrons. The lowest BCUT2D eigenvalue weighted by atomic mass is 9.96. The smallest absolute Gasteiger partial charge is 0.379 e. The average molecular weight is 396 g/mol. The summed E-state index contributed by atoms with van der Waals surface area (Å²) in [5, 5.41) is 14.1. The van der Waals surface area contributed by atoms with E-state index in [9.17, 15) is 23.3 Å². The van der Waals surface area contributed by atoms with Crippen LogP contribution in [0.4, 0.5) is 24.5 Å². The van der Waals surface area contributed by atoms with Crippen molar-refractivity contribution < 1.29 is 18.1 Å². The molecular formula is C14H17BrF3N3O2. The minimum atomic E-state index is -4.16. The van der Waals surface area contributed by atoms with E-state index < -0.39 is 17.6 Å². The zero-order chi connectivity index (χ0) is 17.0. The first-order chi connectivity index (χ1) is 10.7. The summed E-state index contributed by atoms with van der Waals surface area (Å²) in [6.45, 7) is 0.441. The lowest BCUT2D eigenvalue weighted by Gasteiger charge is -2.32. The van der Waals surface area contributed by atoms with Gasteiger partial charge in [0.1, 0.15) is 5.69 Å². The predicted molar refractivity (Wildman–Crippen MR) is 84.5 cm³/mol. The van der Waals surface area contributed by atoms with Gasteiger partial charge in [-0.3, -0.25) is 15.0 Å². The summed E-state index contributed by atoms with van der Waals surface area (Å²) in [6.07, 6.45) is -2.87. The SMILES string of the molecule is O=[N+]([O-])c1cc(Br)ccc1NCC1CCN(CC(F)(F)F)CC1. The number of rotatable bonds is 5. The second-order valence-corrected chi connectivity index (χ2v) is 6.55. The molecule has 0 aromatic heterocycles. The van der Waals surface area contributed by atoms with Gasteiger partial charge in [-0.05, 0) is 44.0 Å². The minimum Gasteiger partial charge on any atom is -0.379 e. The second kappa shape index (κ2) is 7.48. The molecule has 1 N–H and O–H groups in total. The van der Waals surface area contributed by atoms with Gasteiger partial charge in [0.05, 0.1) is 11.5 Å². The third-order valence-electron chi connectivity index (χ3n) is 3.85. The van der Waals surface area contributed by atoms with E-state index in [1.807, 2.05) is 0 Å². The molecule has 9 heteroatoms. The Kier molecular flexibility index (Phi) is 5.85. The fraction of sp³-hybridized carbons (Fsp3) is 0.571. The zero-order valence-electron chi connectivity index (χ0n) is 12.3. The molecule has 0 unspecified atom stereocenters. The molecule has 128 valence electrons. The summed E-state index contributed by atoms with van der Waals surface area (Å²) in [7, 11) is 0. The summed E-state index contributed by atoms with van der Waals surface area (Å²) in [6, 6.07) is 4.76. The van der Waals surface area contributed by atoms with Crippen molar-refractivity contribution in [3.63, 3.8) is 0 Å². The molecule has 0 atom stereocenters. The van der Waals surface area contributed by atoms with Crippen molar-refractivity contribution in [2.75, 3.05) is 31.5 Å². The molecular weight excluding hydrogens is 379 g/mol. The Morgan fingerprint density at radius 3 is 2.57 bits per heavy atom. The number of hydrogen-bond acceptors (Lipinski definition) is 4. The van der Waals surface area contributed by atoms with Crippen LogP contribution >= 0.6 is 15.9 Å². The normalized spacial score (nSPS) is 17.2. The number of alkyl halides is 3. The molecule has 1 aliphatic heterocycles. The first-order valence-corrected chi connectivity index (χ1v) is 8.01. The molecule has 0 aliphatic carbocycles. The molecule has 1 saturated heterocycles. The second-order valence-electron chi connectivity index (χ2n) is 5.63. The van der Waals surface area contributed by atoms with Crippen molar-refractivity contribution >= 4 is 27.3 Å². The van der Waals surface area contributed by atoms with Crippen LogP contribution in [0.5, 0.6) is 0 Å². The molecule has 0 saturated carbocycles. The van der Waals surface area contributed by atoms with Crippen LogP contribution in [-0.4, -0.2) is 42.2 Å². The van der Waals surface area contributed by atoms with E-state index in [4.69, 9.17) is 0 Å². The van der Waals surface area contributed by atoms with E-state index in [-0.39, 0.29) is 11.6 Å². The largest absolute Gasteiger partial charge is 0.401 e. The molecule has 0 bridgehead atoms. The van der Waals surface area contributed by atoms with Crippen molar-refractivity contribution in [1.82, 2.24) is 4.90 Å². The zero-order valence-corrected chi connectivity index (χ0v) is 13.9. The summed E-state index contributed by atoms with van der Waals surface area (Å²) in [5.74, 6) is 0.211. The van der Waals surface area contributed by atoms with E-state index in [1.54, 1.807) is 12.1 Å². The Hall–Kier alpha value is -1.35. The van der Waals surface area contributed by atoms with Crippen molar-refractivity contribution in [2.45, 2.75) is 19.0 Å². The number of anilines is 1. The highest BCUT2D eigenvalue weighted by atomic mass is 79.9. The fourth-order valence-corrected chi connectivity index (χ4v) is 3.01. The molecule has 0 spiro atoms. The van der Waals surface area contributed by atoms with E-state index >= 15 is 0 Å². The number of nitro benzene ring substituents is 1. The van der Waals surface area contributed by atoms with Gasteiger partial charge < -0.3 is 5.32 Å². The highest BCUT2D eigenvalue weighted by Gasteiger charge is 2.32. The quantitative estimate of drug-likeness (QED) is 0.603. The average Bonchev–Trinajstić information content (AvgIpc) is 2.45. The Labute approximate surface area is 140 Å². The Morgan fingerprint density at radius 1 is 1.35 bits per heavy atom. The van der Waals surface area contributed by atoms with Gasteiger partial charge in [0.2, 0.25) is 0 Å². The number of nitrogens with one attached hydrogen (secondary N) is 1. The number of piperidine rings is 1. The highest BCUT2D eigenvalue weighted by molar-refractivity contribution is 9.10. The van der Waals surface area contributed by atoms with Gasteiger partial charge in [0, 0.05) is 17.1 Å². The van der Waals surface area contributed by atoms with E-state index in [1.165, 1.54) is 11.0 Å². The van der Waals surface area contributed by atoms with Crippen molar-refractivity contribution in [3.8, 4) is 0 Å². The molecule has 1 fully saturated rings. The molecule has 0 amide bonds. The van der Waals surface area contributed by atoms with Crippen LogP contribution in [0, 0.1) is 16.0 Å². The van der Waals surface area contributed by atoms with Crippen molar-refractivity contribution in [3.05, 3.63) is 32.8 Å². The number of halogens is 4. The maximum atomic E-state index is 12.3. The van der Waals surface area contributed by atoms with Gasteiger partial charge in [0.15, 0.2) is 0 Å². The van der Waals surface area contributed by atoms with Crippen LogP contribution in [0.25, 0.3) is 0 Å². The van der Waals surface area contributed by atoms with Gasteiger partial charge in [-0.2, -0.15) is 13.2 Å². The monoisotopic (exact) mass is 395 g/mol. The summed E-state index contributed by atoms with van der Waals surface area (Å²) in [4.78, 5) is 12.0. The van der Waals surface area contributed by atoms with Crippen molar-refractivity contribution in [2.24, 2.45) is 5.92 Å². The third kappa shape index (κ3) is 5.65. The van der Waals surface area contributed by atoms with Gasteiger partial charge in [-0.15, -0.1) is 0 Å². The van der Waals surface area contributed by atoms with E-state index in [0.29, 0.717) is 42.6 Å². The number of nitrogens with zero attached hydrogens (tertiary/aromatic N) is 2. The Bertz CT molecular complexity index is 561. The molecule has 1 heterocycles. The molecule has 2 rings (SSSR count). The topological polar surface area (TPSA) is 58.4 Å². The minimum absolute atomic E-state index is 0.0196. The Morgan fingerprint density at radius 2 is 2.00 bits per heavy atom. The van der Waals surface area contributed by atoms with Crippen LogP contribution < -0.4 is 5.32 Å². The van der Waals surface area contributed by atoms with Crippen LogP contribution in [0.2, 0.25) is 0 Å². The highest BCUT2D eigenvalue weighted by Crippen LogP contribution is 2.29. The number of nitro groups is 1. The first kappa shape index (κ1) is 18.0. The Balaban J connectivity index is 1.85. The molecule has 1 aliphatic rings. The van der Waals surface area contributed by atoms with Crippen LogP contribution in [0.15, 0.2) is 22.7 Å². The maximum Gasteiger partial charge on any atom is 0.401 e. The van der Waals surface area contributed by atoms with Crippen LogP contribution in [0.3, 0.4) is 0 Å². The number of likely N-dealkylation sites (tertiary alicyclic amines) is 1. The molecule has 23 heavy (non-hydrogen) atoms. The van der Waals surface area contributed by atoms with Crippen LogP contribution in [-0.2, 0) is 0 Å². The first-order valence-electron chi connectivity index (χ1n) is 7.21. The molecule has 1 aromatic carbocycles. The van der Waals surface area contributed by atoms with Gasteiger partial charge in [-0.1, -0.05) is 15.9 Å². The summed E-state index contributed by atoms with van der Waals surface area (Å²) in [5.41, 5.74) is 0.407. The van der Waals surface area contributed by atoms with E-state index in [2.05, 4.69) is 21.2 Å².